The largest absolute Gasteiger partial charge is 0.272 e. The molecule has 1 saturated heterocycles. The number of nitro groups is 1. The van der Waals surface area contributed by atoms with Gasteiger partial charge in [0.05, 0.1) is 16.8 Å². The van der Waals surface area contributed by atoms with E-state index in [1.54, 1.807) is 0 Å². The van der Waals surface area contributed by atoms with Crippen LogP contribution in [0.15, 0.2) is 24.3 Å². The van der Waals surface area contributed by atoms with E-state index in [1.807, 2.05) is 0 Å². The molecule has 2 saturated carbocycles. The Labute approximate surface area is 164 Å². The zero-order valence-electron chi connectivity index (χ0n) is 13.2. The molecule has 3 fully saturated rings. The molecule has 2 aliphatic carbocycles. The normalized spacial score (nSPS) is 34.9. The van der Waals surface area contributed by atoms with Crippen LogP contribution in [0.2, 0.25) is 0 Å². The lowest BCUT2D eigenvalue weighted by atomic mass is 9.81. The van der Waals surface area contributed by atoms with Crippen molar-refractivity contribution in [1.82, 2.24) is 10.4 Å². The number of rotatable bonds is 3. The average molecular weight is 487 g/mol. The summed E-state index contributed by atoms with van der Waals surface area (Å²) in [5, 5.41) is 11.5. The highest BCUT2D eigenvalue weighted by Crippen LogP contribution is 2.59. The third-order valence-corrected chi connectivity index (χ3v) is 8.75. The second-order valence-corrected chi connectivity index (χ2v) is 8.88. The minimum Gasteiger partial charge on any atom is -0.272 e. The monoisotopic (exact) mass is 485 g/mol. The summed E-state index contributed by atoms with van der Waals surface area (Å²) in [7, 11) is 0. The molecule has 0 aromatic heterocycles. The summed E-state index contributed by atoms with van der Waals surface area (Å²) >= 11 is 7.20. The number of non-ortho nitro benzene ring substituents is 1. The smallest absolute Gasteiger partial charge is 0.270 e. The minimum atomic E-state index is -0.653. The number of carbonyl (C=O) groups is 3. The van der Waals surface area contributed by atoms with Crippen molar-refractivity contribution in [3.63, 3.8) is 0 Å². The third kappa shape index (κ3) is 2.42. The summed E-state index contributed by atoms with van der Waals surface area (Å²) in [5.74, 6) is -2.12. The third-order valence-electron chi connectivity index (χ3n) is 5.54. The fourth-order valence-electron chi connectivity index (χ4n) is 4.36. The number of alkyl halides is 2. The Balaban J connectivity index is 1.52. The molecule has 0 radical (unpaired) electrons. The van der Waals surface area contributed by atoms with Gasteiger partial charge in [0.15, 0.2) is 0 Å². The predicted octanol–water partition coefficient (Wildman–Crippen LogP) is 2.02. The quantitative estimate of drug-likeness (QED) is 0.304. The number of hydrogen-bond donors (Lipinski definition) is 1. The second kappa shape index (κ2) is 6.12. The number of halogens is 2. The van der Waals surface area contributed by atoms with Gasteiger partial charge in [-0.2, -0.15) is 5.01 Å². The minimum absolute atomic E-state index is 0.0621. The van der Waals surface area contributed by atoms with Crippen LogP contribution in [0.5, 0.6) is 0 Å². The maximum Gasteiger partial charge on any atom is 0.270 e. The standard InChI is InChI=1S/C16H13Br2N3O5/c17-12-8-5-9(13(12)18)11-10(8)15(23)20(16(11)24)19-14(22)6-1-3-7(4-2-6)21(25)26/h1-4,8-13H,5H2,(H,19,22)/t8-,9-,10-,11+,12+,13+/m1/s1. The number of fused-ring (bicyclic) bond motifs is 5. The highest BCUT2D eigenvalue weighted by atomic mass is 79.9. The van der Waals surface area contributed by atoms with Crippen molar-refractivity contribution in [3.8, 4) is 0 Å². The molecule has 26 heavy (non-hydrogen) atoms. The second-order valence-electron chi connectivity index (χ2n) is 6.76. The highest BCUT2D eigenvalue weighted by molar-refractivity contribution is 9.12. The molecular formula is C16H13Br2N3O5. The predicted molar refractivity (Wildman–Crippen MR) is 96.4 cm³/mol. The summed E-state index contributed by atoms with van der Waals surface area (Å²) in [5.41, 5.74) is 2.35. The molecule has 8 nitrogen and oxygen atoms in total. The lowest BCUT2D eigenvalue weighted by Gasteiger charge is -2.28. The van der Waals surface area contributed by atoms with Crippen LogP contribution in [0.3, 0.4) is 0 Å². The van der Waals surface area contributed by atoms with E-state index in [-0.39, 0.29) is 44.6 Å². The fourth-order valence-corrected chi connectivity index (χ4v) is 6.23. The van der Waals surface area contributed by atoms with E-state index in [0.29, 0.717) is 0 Å². The van der Waals surface area contributed by atoms with Gasteiger partial charge in [-0.15, -0.1) is 0 Å². The molecule has 1 aliphatic heterocycles. The van der Waals surface area contributed by atoms with E-state index in [2.05, 4.69) is 37.3 Å². The number of amides is 3. The first kappa shape index (κ1) is 17.6. The Bertz CT molecular complexity index is 798. The zero-order valence-corrected chi connectivity index (χ0v) is 16.3. The van der Waals surface area contributed by atoms with E-state index in [4.69, 9.17) is 0 Å². The van der Waals surface area contributed by atoms with Crippen molar-refractivity contribution in [1.29, 1.82) is 0 Å². The van der Waals surface area contributed by atoms with Crippen LogP contribution in [-0.2, 0) is 9.59 Å². The van der Waals surface area contributed by atoms with E-state index in [1.165, 1.54) is 24.3 Å². The van der Waals surface area contributed by atoms with Gasteiger partial charge in [-0.25, -0.2) is 0 Å². The van der Waals surface area contributed by atoms with Crippen LogP contribution in [0, 0.1) is 33.8 Å². The van der Waals surface area contributed by atoms with Crippen molar-refractivity contribution < 1.29 is 19.3 Å². The molecule has 1 N–H and O–H groups in total. The molecule has 3 amide bonds. The van der Waals surface area contributed by atoms with Crippen molar-refractivity contribution in [3.05, 3.63) is 39.9 Å². The van der Waals surface area contributed by atoms with Gasteiger partial charge in [0.25, 0.3) is 23.4 Å². The molecule has 1 aromatic carbocycles. The number of carbonyl (C=O) groups excluding carboxylic acids is 3. The number of benzene rings is 1. The van der Waals surface area contributed by atoms with E-state index in [9.17, 15) is 24.5 Å². The molecule has 1 heterocycles. The van der Waals surface area contributed by atoms with Crippen LogP contribution in [0.1, 0.15) is 16.8 Å². The Hall–Kier alpha value is -1.81. The molecule has 4 rings (SSSR count). The lowest BCUT2D eigenvalue weighted by molar-refractivity contribution is -0.384. The molecular weight excluding hydrogens is 474 g/mol. The van der Waals surface area contributed by atoms with Gasteiger partial charge < -0.3 is 0 Å². The number of hydrazine groups is 1. The maximum absolute atomic E-state index is 12.7. The first-order chi connectivity index (χ1) is 12.3. The Morgan fingerprint density at radius 1 is 1.08 bits per heavy atom. The summed E-state index contributed by atoms with van der Waals surface area (Å²) < 4.78 is 0. The van der Waals surface area contributed by atoms with Gasteiger partial charge in [0.1, 0.15) is 0 Å². The first-order valence-electron chi connectivity index (χ1n) is 8.02. The average Bonchev–Trinajstić information content (AvgIpc) is 3.22. The highest BCUT2D eigenvalue weighted by Gasteiger charge is 2.66. The molecule has 2 bridgehead atoms. The van der Waals surface area contributed by atoms with Gasteiger partial charge in [0.2, 0.25) is 0 Å². The van der Waals surface area contributed by atoms with Crippen molar-refractivity contribution in [2.75, 3.05) is 0 Å². The SMILES string of the molecule is O=C(NN1C(=O)[C@@H]2[C@H]3C[C@@H]([C@H](Br)[C@H]3Br)[C@@H]2C1=O)c1ccc([N+](=O)[O-])cc1. The van der Waals surface area contributed by atoms with Crippen molar-refractivity contribution in [2.45, 2.75) is 16.1 Å². The number of nitrogens with one attached hydrogen (secondary N) is 1. The van der Waals surface area contributed by atoms with Crippen LogP contribution in [-0.4, -0.2) is 37.3 Å². The number of nitrogens with zero attached hydrogens (tertiary/aromatic N) is 2. The van der Waals surface area contributed by atoms with Crippen molar-refractivity contribution in [2.24, 2.45) is 23.7 Å². The van der Waals surface area contributed by atoms with Crippen LogP contribution in [0.4, 0.5) is 5.69 Å². The van der Waals surface area contributed by atoms with Gasteiger partial charge in [-0.1, -0.05) is 31.9 Å². The summed E-state index contributed by atoms with van der Waals surface area (Å²) in [6, 6.07) is 4.96. The Kier molecular flexibility index (Phi) is 4.14. The molecule has 10 heteroatoms. The van der Waals surface area contributed by atoms with Gasteiger partial charge in [-0.3, -0.25) is 29.9 Å². The summed E-state index contributed by atoms with van der Waals surface area (Å²) in [6.07, 6.45) is 0.808. The van der Waals surface area contributed by atoms with Gasteiger partial charge in [-0.05, 0) is 30.4 Å². The first-order valence-corrected chi connectivity index (χ1v) is 9.85. The number of nitro benzene ring substituents is 1. The van der Waals surface area contributed by atoms with Crippen LogP contribution < -0.4 is 5.43 Å². The van der Waals surface area contributed by atoms with Crippen molar-refractivity contribution >= 4 is 55.3 Å². The van der Waals surface area contributed by atoms with Crippen LogP contribution in [0.25, 0.3) is 0 Å². The Morgan fingerprint density at radius 2 is 1.58 bits per heavy atom. The molecule has 0 unspecified atom stereocenters. The van der Waals surface area contributed by atoms with Gasteiger partial charge in [0, 0.05) is 27.4 Å². The Morgan fingerprint density at radius 3 is 2.04 bits per heavy atom. The summed E-state index contributed by atoms with van der Waals surface area (Å²) in [4.78, 5) is 48.1. The van der Waals surface area contributed by atoms with E-state index < -0.39 is 22.7 Å². The molecule has 6 atom stereocenters. The van der Waals surface area contributed by atoms with E-state index in [0.717, 1.165) is 11.4 Å². The topological polar surface area (TPSA) is 110 Å². The van der Waals surface area contributed by atoms with Gasteiger partial charge >= 0.3 is 0 Å². The fraction of sp³-hybridized carbons (Fsp3) is 0.438. The molecule has 136 valence electrons. The van der Waals surface area contributed by atoms with E-state index >= 15 is 0 Å². The maximum atomic E-state index is 12.7. The molecule has 0 spiro atoms. The molecule has 3 aliphatic rings. The summed E-state index contributed by atoms with van der Waals surface area (Å²) in [6.45, 7) is 0. The van der Waals surface area contributed by atoms with Crippen LogP contribution >= 0.6 is 31.9 Å². The number of hydrogen-bond acceptors (Lipinski definition) is 5. The molecule has 1 aromatic rings. The number of imide groups is 1. The zero-order chi connectivity index (χ0) is 18.7. The lowest BCUT2D eigenvalue weighted by Crippen LogP contribution is -2.47.